The predicted molar refractivity (Wildman–Crippen MR) is 205 cm³/mol. The topological polar surface area (TPSA) is 142 Å². The molecule has 4 aromatic rings. The molecule has 0 spiro atoms. The molecule has 11 nitrogen and oxygen atoms in total. The number of carbonyl (C=O) groups excluding carboxylic acids is 3. The van der Waals surface area contributed by atoms with E-state index in [2.05, 4.69) is 55.0 Å². The number of anilines is 1. The van der Waals surface area contributed by atoms with Crippen molar-refractivity contribution in [2.45, 2.75) is 13.1 Å². The molecule has 0 bridgehead atoms. The van der Waals surface area contributed by atoms with Crippen LogP contribution in [0.25, 0.3) is 33.4 Å². The highest BCUT2D eigenvalue weighted by atomic mass is 16.4. The van der Waals surface area contributed by atoms with Gasteiger partial charge in [-0.1, -0.05) is 84.9 Å². The van der Waals surface area contributed by atoms with Crippen LogP contribution in [-0.2, 0) is 13.1 Å². The minimum atomic E-state index is -1.27. The Morgan fingerprint density at radius 2 is 1.38 bits per heavy atom. The van der Waals surface area contributed by atoms with Gasteiger partial charge in [-0.2, -0.15) is 0 Å². The number of urea groups is 2. The van der Waals surface area contributed by atoms with Crippen molar-refractivity contribution in [3.05, 3.63) is 143 Å². The number of amides is 4. The molecule has 6 rings (SSSR count). The molecule has 4 aromatic carbocycles. The van der Waals surface area contributed by atoms with Crippen LogP contribution >= 0.6 is 0 Å². The lowest BCUT2D eigenvalue weighted by Gasteiger charge is -2.26. The summed E-state index contributed by atoms with van der Waals surface area (Å²) >= 11 is 0. The van der Waals surface area contributed by atoms with Crippen molar-refractivity contribution in [1.29, 1.82) is 0 Å². The van der Waals surface area contributed by atoms with Gasteiger partial charge >= 0.3 is 12.1 Å². The first kappa shape index (κ1) is 36.2. The number of carboxylic acid groups (broad SMARTS) is 1. The third kappa shape index (κ3) is 8.82. The third-order valence-electron chi connectivity index (χ3n) is 9.06. The Balaban J connectivity index is 1.54. The Bertz CT molecular complexity index is 2250. The number of rotatable bonds is 13. The van der Waals surface area contributed by atoms with E-state index in [1.165, 1.54) is 0 Å². The fraction of sp³-hybridized carbons (Fsp3) is 0.190. The summed E-state index contributed by atoms with van der Waals surface area (Å²) in [6.07, 6.45) is 0. The van der Waals surface area contributed by atoms with Crippen LogP contribution in [0.2, 0.25) is 0 Å². The van der Waals surface area contributed by atoms with Gasteiger partial charge in [0.15, 0.2) is 13.1 Å². The zero-order valence-corrected chi connectivity index (χ0v) is 29.7. The zero-order valence-electron chi connectivity index (χ0n) is 29.7. The maximum Gasteiger partial charge on any atom is 0.314 e. The van der Waals surface area contributed by atoms with E-state index in [0.29, 0.717) is 61.7 Å². The van der Waals surface area contributed by atoms with Crippen molar-refractivity contribution in [3.63, 3.8) is 0 Å². The molecule has 0 atom stereocenters. The summed E-state index contributed by atoms with van der Waals surface area (Å²) < 4.78 is 8.90. The summed E-state index contributed by atoms with van der Waals surface area (Å²) in [5.74, 6) is -0.713. The molecule has 0 unspecified atom stereocenters. The zero-order chi connectivity index (χ0) is 37.2. The van der Waals surface area contributed by atoms with E-state index in [1.54, 1.807) is 32.3 Å². The molecule has 1 heterocycles. The Morgan fingerprint density at radius 3 is 2.08 bits per heavy atom. The van der Waals surface area contributed by atoms with Crippen molar-refractivity contribution >= 4 is 34.7 Å². The number of nitrogens with zero attached hydrogens (tertiary/aromatic N) is 2. The molecular weight excluding hydrogens is 668 g/mol. The maximum absolute atomic E-state index is 12.4. The van der Waals surface area contributed by atoms with Crippen molar-refractivity contribution < 1.29 is 23.9 Å². The summed E-state index contributed by atoms with van der Waals surface area (Å²) in [6, 6.07) is 38.3. The molecule has 0 radical (unpaired) electrons. The molecule has 4 N–H and O–H groups in total. The summed E-state index contributed by atoms with van der Waals surface area (Å²) in [6.45, 7) is 3.00. The minimum absolute atomic E-state index is 0.0754. The molecular formula is C42H42N6O5. The van der Waals surface area contributed by atoms with Crippen LogP contribution < -0.4 is 41.2 Å². The van der Waals surface area contributed by atoms with E-state index < -0.39 is 5.97 Å². The van der Waals surface area contributed by atoms with Gasteiger partial charge in [-0.3, -0.25) is 0 Å². The molecule has 1 aliphatic carbocycles. The Hall–Kier alpha value is -6.62. The number of benzene rings is 5. The van der Waals surface area contributed by atoms with E-state index in [-0.39, 0.29) is 17.6 Å². The van der Waals surface area contributed by atoms with Gasteiger partial charge in [-0.25, -0.2) is 14.2 Å². The van der Waals surface area contributed by atoms with Crippen LogP contribution in [0.15, 0.2) is 126 Å². The summed E-state index contributed by atoms with van der Waals surface area (Å²) in [7, 11) is 3.16. The van der Waals surface area contributed by atoms with E-state index in [9.17, 15) is 19.5 Å². The molecule has 4 amide bonds. The number of hydrogen-bond acceptors (Lipinski definition) is 6. The van der Waals surface area contributed by atoms with Gasteiger partial charge < -0.3 is 40.5 Å². The monoisotopic (exact) mass is 710 g/mol. The van der Waals surface area contributed by atoms with E-state index in [4.69, 9.17) is 4.42 Å². The average molecular weight is 711 g/mol. The molecule has 53 heavy (non-hydrogen) atoms. The second-order valence-electron chi connectivity index (χ2n) is 12.5. The molecule has 0 saturated heterocycles. The van der Waals surface area contributed by atoms with Gasteiger partial charge in [0.05, 0.1) is 18.6 Å². The van der Waals surface area contributed by atoms with Gasteiger partial charge in [0.2, 0.25) is 5.36 Å². The fourth-order valence-electron chi connectivity index (χ4n) is 6.42. The molecule has 270 valence electrons. The second kappa shape index (κ2) is 17.1. The number of aromatic carboxylic acids is 1. The lowest BCUT2D eigenvalue weighted by molar-refractivity contribution is -0.254. The van der Waals surface area contributed by atoms with Crippen molar-refractivity contribution in [2.75, 3.05) is 45.2 Å². The van der Waals surface area contributed by atoms with Crippen molar-refractivity contribution in [2.24, 2.45) is 0 Å². The van der Waals surface area contributed by atoms with E-state index >= 15 is 0 Å². The lowest BCUT2D eigenvalue weighted by Crippen LogP contribution is -2.40. The average Bonchev–Trinajstić information content (AvgIpc) is 3.19. The molecule has 0 aromatic heterocycles. The highest BCUT2D eigenvalue weighted by Gasteiger charge is 2.22. The smallest absolute Gasteiger partial charge is 0.314 e. The summed E-state index contributed by atoms with van der Waals surface area (Å²) in [4.78, 5) is 38.6. The van der Waals surface area contributed by atoms with Crippen LogP contribution in [0.1, 0.15) is 21.5 Å². The number of fused-ring (bicyclic) bond motifs is 2. The van der Waals surface area contributed by atoms with Crippen molar-refractivity contribution in [1.82, 2.24) is 25.8 Å². The first-order valence-electron chi connectivity index (χ1n) is 17.5. The van der Waals surface area contributed by atoms with Crippen molar-refractivity contribution in [3.8, 4) is 22.5 Å². The second-order valence-corrected chi connectivity index (χ2v) is 12.5. The van der Waals surface area contributed by atoms with Crippen LogP contribution in [0.4, 0.5) is 15.3 Å². The van der Waals surface area contributed by atoms with E-state index in [0.717, 1.165) is 33.1 Å². The van der Waals surface area contributed by atoms with Gasteiger partial charge in [0.25, 0.3) is 0 Å². The third-order valence-corrected chi connectivity index (χ3v) is 9.06. The predicted octanol–water partition coefficient (Wildman–Crippen LogP) is 4.41. The lowest BCUT2D eigenvalue weighted by atomic mass is 9.90. The molecule has 0 fully saturated rings. The number of carboxylic acids is 1. The normalized spacial score (nSPS) is 11.5. The van der Waals surface area contributed by atoms with Crippen LogP contribution in [0.5, 0.6) is 0 Å². The first-order valence-corrected chi connectivity index (χ1v) is 17.5. The standard InChI is InChI=1S/C42H42N6O5/c1-43-41(51)45-21-23-47(27-29-11-5-3-6-12-29)31-17-19-35-37(25-31)53-38-26-32(18-20-36(38)39(35)33-15-9-10-16-34(33)40(49)50)48(24-22-46-42(52)44-2)28-30-13-7-4-8-14-30/h3-20,25-26H,21-24,27-28H2,1-2H3,(H4-,43,44,45,46,49,50,51,52). The summed E-state index contributed by atoms with van der Waals surface area (Å²) in [5.41, 5.74) is 5.67. The van der Waals surface area contributed by atoms with Crippen LogP contribution in [0, 0.1) is 0 Å². The summed E-state index contributed by atoms with van der Waals surface area (Å²) in [5, 5.41) is 25.0. The molecule has 0 saturated carbocycles. The minimum Gasteiger partial charge on any atom is -0.545 e. The number of hydrogen-bond donors (Lipinski definition) is 4. The quantitative estimate of drug-likeness (QED) is 0.103. The number of carbonyl (C=O) groups is 3. The number of nitrogens with one attached hydrogen (secondary N) is 4. The molecule has 11 heteroatoms. The Kier molecular flexibility index (Phi) is 11.6. The Labute approximate surface area is 307 Å². The first-order chi connectivity index (χ1) is 25.8. The highest BCUT2D eigenvalue weighted by molar-refractivity contribution is 6.07. The molecule has 1 aliphatic heterocycles. The Morgan fingerprint density at radius 1 is 0.717 bits per heavy atom. The van der Waals surface area contributed by atoms with Crippen LogP contribution in [0.3, 0.4) is 0 Å². The highest BCUT2D eigenvalue weighted by Crippen LogP contribution is 2.42. The van der Waals surface area contributed by atoms with Gasteiger partial charge in [-0.15, -0.1) is 0 Å². The molecule has 2 aliphatic rings. The van der Waals surface area contributed by atoms with E-state index in [1.807, 2.05) is 78.9 Å². The van der Waals surface area contributed by atoms with Gasteiger partial charge in [0.1, 0.15) is 11.3 Å². The van der Waals surface area contributed by atoms with Gasteiger partial charge in [-0.05, 0) is 29.3 Å². The van der Waals surface area contributed by atoms with Crippen LogP contribution in [-0.4, -0.2) is 58.3 Å². The fourth-order valence-corrected chi connectivity index (χ4v) is 6.42. The van der Waals surface area contributed by atoms with Gasteiger partial charge in [0, 0.05) is 79.2 Å². The largest absolute Gasteiger partial charge is 0.545 e. The SMILES string of the molecule is CNC(=O)NCCN(Cc1ccccc1)c1ccc2c(-c3ccccc3C(=O)[O-])c3ccc(=[N+](CCNC(=O)NC)Cc4ccccc4)cc-3oc2c1. The maximum atomic E-state index is 12.4.